The highest BCUT2D eigenvalue weighted by atomic mass is 16.1. The molecule has 2 saturated heterocycles. The van der Waals surface area contributed by atoms with E-state index in [0.717, 1.165) is 57.0 Å². The van der Waals surface area contributed by atoms with Crippen LogP contribution < -0.4 is 5.32 Å². The summed E-state index contributed by atoms with van der Waals surface area (Å²) in [5.74, 6) is 0.272. The van der Waals surface area contributed by atoms with Gasteiger partial charge < -0.3 is 5.32 Å². The Morgan fingerprint density at radius 1 is 1.13 bits per heavy atom. The van der Waals surface area contributed by atoms with Gasteiger partial charge in [0.25, 0.3) is 0 Å². The number of hydrogen-bond donors (Lipinski definition) is 1. The lowest BCUT2D eigenvalue weighted by Gasteiger charge is -2.42. The number of hydrogen-bond acceptors (Lipinski definition) is 5. The summed E-state index contributed by atoms with van der Waals surface area (Å²) in [6.45, 7) is 7.73. The molecule has 0 spiro atoms. The summed E-state index contributed by atoms with van der Waals surface area (Å²) in [6.07, 6.45) is 8.26. The Hall–Kier alpha value is -2.31. The molecule has 1 amide bonds. The fraction of sp³-hybridized carbons (Fsp3) is 0.542. The minimum absolute atomic E-state index is 0.0944. The summed E-state index contributed by atoms with van der Waals surface area (Å²) in [5, 5.41) is 3.11. The van der Waals surface area contributed by atoms with Gasteiger partial charge in [-0.2, -0.15) is 0 Å². The average molecular weight is 408 g/mol. The van der Waals surface area contributed by atoms with Gasteiger partial charge in [-0.15, -0.1) is 0 Å². The van der Waals surface area contributed by atoms with Crippen molar-refractivity contribution in [1.82, 2.24) is 25.1 Å². The van der Waals surface area contributed by atoms with Gasteiger partial charge in [0, 0.05) is 37.2 Å². The molecule has 0 aliphatic carbocycles. The smallest absolute Gasteiger partial charge is 0.224 e. The minimum Gasteiger partial charge on any atom is -0.350 e. The third-order valence-corrected chi connectivity index (χ3v) is 6.42. The maximum atomic E-state index is 12.8. The molecule has 2 fully saturated rings. The van der Waals surface area contributed by atoms with Gasteiger partial charge in [-0.1, -0.05) is 12.1 Å². The van der Waals surface area contributed by atoms with Crippen molar-refractivity contribution in [2.75, 3.05) is 26.2 Å². The van der Waals surface area contributed by atoms with Crippen LogP contribution in [-0.2, 0) is 17.9 Å². The number of carbonyl (C=O) groups excluding carboxylic acids is 1. The summed E-state index contributed by atoms with van der Waals surface area (Å²) in [6, 6.07) is 10.7. The molecule has 2 aromatic heterocycles. The SMILES string of the molecule is Cc1cccc(CNC(=O)[C@H]2CCCN(C3CCN(Cc4cccnc4)CC3)C2)n1. The van der Waals surface area contributed by atoms with Crippen molar-refractivity contribution in [3.63, 3.8) is 0 Å². The lowest BCUT2D eigenvalue weighted by molar-refractivity contribution is -0.127. The van der Waals surface area contributed by atoms with Gasteiger partial charge >= 0.3 is 0 Å². The molecule has 0 aromatic carbocycles. The molecule has 2 aliphatic heterocycles. The van der Waals surface area contributed by atoms with Crippen LogP contribution >= 0.6 is 0 Å². The Kier molecular flexibility index (Phi) is 7.07. The minimum atomic E-state index is 0.0944. The lowest BCUT2D eigenvalue weighted by Crippen LogP contribution is -2.50. The second-order valence-corrected chi connectivity index (χ2v) is 8.69. The number of pyridine rings is 2. The molecule has 1 atom stereocenters. The molecule has 0 saturated carbocycles. The third kappa shape index (κ3) is 5.64. The van der Waals surface area contributed by atoms with E-state index in [9.17, 15) is 4.79 Å². The molecule has 4 rings (SSSR count). The van der Waals surface area contributed by atoms with E-state index >= 15 is 0 Å². The molecule has 2 aromatic rings. The molecular weight excluding hydrogens is 374 g/mol. The molecule has 6 nitrogen and oxygen atoms in total. The zero-order valence-corrected chi connectivity index (χ0v) is 18.0. The maximum absolute atomic E-state index is 12.8. The first kappa shape index (κ1) is 20.9. The van der Waals surface area contributed by atoms with Crippen molar-refractivity contribution in [2.24, 2.45) is 5.92 Å². The quantitative estimate of drug-likeness (QED) is 0.798. The number of rotatable bonds is 6. The second-order valence-electron chi connectivity index (χ2n) is 8.69. The first-order valence-electron chi connectivity index (χ1n) is 11.2. The second kappa shape index (κ2) is 10.1. The highest BCUT2D eigenvalue weighted by Gasteiger charge is 2.31. The van der Waals surface area contributed by atoms with E-state index in [1.165, 1.54) is 18.4 Å². The van der Waals surface area contributed by atoms with E-state index < -0.39 is 0 Å². The zero-order valence-electron chi connectivity index (χ0n) is 18.0. The number of nitrogens with one attached hydrogen (secondary N) is 1. The van der Waals surface area contributed by atoms with E-state index in [1.807, 2.05) is 43.6 Å². The van der Waals surface area contributed by atoms with Crippen LogP contribution in [0.15, 0.2) is 42.7 Å². The number of carbonyl (C=O) groups is 1. The van der Waals surface area contributed by atoms with Gasteiger partial charge in [-0.25, -0.2) is 0 Å². The van der Waals surface area contributed by atoms with Gasteiger partial charge in [0.1, 0.15) is 0 Å². The summed E-state index contributed by atoms with van der Waals surface area (Å²) < 4.78 is 0. The monoisotopic (exact) mass is 407 g/mol. The van der Waals surface area contributed by atoms with E-state index in [2.05, 4.69) is 31.2 Å². The average Bonchev–Trinajstić information content (AvgIpc) is 2.79. The first-order valence-corrected chi connectivity index (χ1v) is 11.2. The molecule has 30 heavy (non-hydrogen) atoms. The topological polar surface area (TPSA) is 61.4 Å². The van der Waals surface area contributed by atoms with Crippen molar-refractivity contribution in [1.29, 1.82) is 0 Å². The summed E-state index contributed by atoms with van der Waals surface area (Å²) in [4.78, 5) is 26.6. The molecule has 0 bridgehead atoms. The number of aromatic nitrogens is 2. The van der Waals surface area contributed by atoms with Crippen molar-refractivity contribution in [3.05, 3.63) is 59.7 Å². The molecule has 160 valence electrons. The van der Waals surface area contributed by atoms with Crippen LogP contribution in [0, 0.1) is 12.8 Å². The van der Waals surface area contributed by atoms with Gasteiger partial charge in [-0.3, -0.25) is 24.6 Å². The van der Waals surface area contributed by atoms with Crippen molar-refractivity contribution in [2.45, 2.75) is 51.7 Å². The third-order valence-electron chi connectivity index (χ3n) is 6.42. The van der Waals surface area contributed by atoms with E-state index in [0.29, 0.717) is 12.6 Å². The fourth-order valence-corrected chi connectivity index (χ4v) is 4.76. The van der Waals surface area contributed by atoms with Gasteiger partial charge in [0.2, 0.25) is 5.91 Å². The summed E-state index contributed by atoms with van der Waals surface area (Å²) >= 11 is 0. The van der Waals surface area contributed by atoms with Crippen LogP contribution in [0.25, 0.3) is 0 Å². The van der Waals surface area contributed by atoms with Gasteiger partial charge in [0.05, 0.1) is 18.2 Å². The number of amides is 1. The van der Waals surface area contributed by atoms with E-state index in [-0.39, 0.29) is 11.8 Å². The van der Waals surface area contributed by atoms with Gasteiger partial charge in [-0.05, 0) is 76.0 Å². The number of piperidine rings is 2. The Morgan fingerprint density at radius 3 is 2.77 bits per heavy atom. The molecule has 0 radical (unpaired) electrons. The van der Waals surface area contributed by atoms with E-state index in [1.54, 1.807) is 0 Å². The lowest BCUT2D eigenvalue weighted by atomic mass is 9.93. The standard InChI is InChI=1S/C24H33N5O/c1-19-5-2-8-22(27-19)16-26-24(30)21-7-4-12-29(18-21)23-9-13-28(14-10-23)17-20-6-3-11-25-15-20/h2-3,5-6,8,11,15,21,23H,4,7,9-10,12-14,16-18H2,1H3,(H,26,30)/t21-/m0/s1. The Balaban J connectivity index is 1.23. The maximum Gasteiger partial charge on any atom is 0.224 e. The molecule has 4 heterocycles. The van der Waals surface area contributed by atoms with Crippen LogP contribution in [0.1, 0.15) is 42.6 Å². The van der Waals surface area contributed by atoms with Crippen molar-refractivity contribution < 1.29 is 4.79 Å². The van der Waals surface area contributed by atoms with Crippen molar-refractivity contribution >= 4 is 5.91 Å². The van der Waals surface area contributed by atoms with Crippen LogP contribution in [0.5, 0.6) is 0 Å². The molecule has 6 heteroatoms. The highest BCUT2D eigenvalue weighted by molar-refractivity contribution is 5.78. The summed E-state index contributed by atoms with van der Waals surface area (Å²) in [7, 11) is 0. The van der Waals surface area contributed by atoms with Crippen LogP contribution in [0.2, 0.25) is 0 Å². The molecule has 2 aliphatic rings. The first-order chi connectivity index (χ1) is 14.7. The van der Waals surface area contributed by atoms with E-state index in [4.69, 9.17) is 0 Å². The fourth-order valence-electron chi connectivity index (χ4n) is 4.76. The van der Waals surface area contributed by atoms with Crippen LogP contribution in [0.3, 0.4) is 0 Å². The predicted octanol–water partition coefficient (Wildman–Crippen LogP) is 2.78. The summed E-state index contributed by atoms with van der Waals surface area (Å²) in [5.41, 5.74) is 3.20. The Labute approximate surface area is 179 Å². The Bertz CT molecular complexity index is 819. The normalized spacial score (nSPS) is 21.4. The molecular formula is C24H33N5O. The predicted molar refractivity (Wildman–Crippen MR) is 118 cm³/mol. The van der Waals surface area contributed by atoms with Gasteiger partial charge in [0.15, 0.2) is 0 Å². The number of nitrogens with zero attached hydrogens (tertiary/aromatic N) is 4. The number of likely N-dealkylation sites (tertiary alicyclic amines) is 2. The van der Waals surface area contributed by atoms with Crippen LogP contribution in [-0.4, -0.2) is 57.9 Å². The molecule has 0 unspecified atom stereocenters. The zero-order chi connectivity index (χ0) is 20.8. The number of aryl methyl sites for hydroxylation is 1. The Morgan fingerprint density at radius 2 is 2.00 bits per heavy atom. The highest BCUT2D eigenvalue weighted by Crippen LogP contribution is 2.24. The largest absolute Gasteiger partial charge is 0.350 e. The van der Waals surface area contributed by atoms with Crippen LogP contribution in [0.4, 0.5) is 0 Å². The molecule has 1 N–H and O–H groups in total. The van der Waals surface area contributed by atoms with Crippen molar-refractivity contribution in [3.8, 4) is 0 Å².